The van der Waals surface area contributed by atoms with Crippen LogP contribution in [0.25, 0.3) is 22.1 Å². The third kappa shape index (κ3) is 3.43. The molecule has 4 rings (SSSR count). The van der Waals surface area contributed by atoms with Gasteiger partial charge in [-0.1, -0.05) is 6.07 Å². The van der Waals surface area contributed by atoms with Crippen molar-refractivity contribution in [1.29, 1.82) is 0 Å². The first kappa shape index (κ1) is 17.6. The van der Waals surface area contributed by atoms with E-state index < -0.39 is 0 Å². The molecule has 2 aromatic carbocycles. The van der Waals surface area contributed by atoms with Gasteiger partial charge in [0.2, 0.25) is 0 Å². The summed E-state index contributed by atoms with van der Waals surface area (Å²) in [6.45, 7) is 6.99. The summed E-state index contributed by atoms with van der Waals surface area (Å²) in [7, 11) is 1.64. The molecular formula is C22H24N2O3. The molecule has 0 radical (unpaired) electrons. The van der Waals surface area contributed by atoms with Crippen molar-refractivity contribution in [2.75, 3.05) is 31.6 Å². The van der Waals surface area contributed by atoms with Gasteiger partial charge >= 0.3 is 5.63 Å². The largest absolute Gasteiger partial charge is 0.496 e. The summed E-state index contributed by atoms with van der Waals surface area (Å²) in [5, 5.41) is 4.36. The second kappa shape index (κ2) is 7.08. The monoisotopic (exact) mass is 364 g/mol. The van der Waals surface area contributed by atoms with Gasteiger partial charge in [0.25, 0.3) is 0 Å². The van der Waals surface area contributed by atoms with E-state index in [1.807, 2.05) is 43.3 Å². The molecule has 0 aliphatic carbocycles. The van der Waals surface area contributed by atoms with E-state index in [4.69, 9.17) is 9.15 Å². The predicted octanol–water partition coefficient (Wildman–Crippen LogP) is 3.58. The summed E-state index contributed by atoms with van der Waals surface area (Å²) in [6.07, 6.45) is 0. The van der Waals surface area contributed by atoms with Crippen LogP contribution in [0.2, 0.25) is 0 Å². The number of nitrogens with zero attached hydrogens (tertiary/aromatic N) is 1. The molecule has 2 heterocycles. The molecule has 1 aliphatic heterocycles. The van der Waals surface area contributed by atoms with E-state index in [-0.39, 0.29) is 5.63 Å². The topological polar surface area (TPSA) is 54.7 Å². The molecule has 1 aromatic heterocycles. The minimum Gasteiger partial charge on any atom is -0.496 e. The number of nitrogens with one attached hydrogen (secondary N) is 1. The number of fused-ring (bicyclic) bond motifs is 1. The minimum absolute atomic E-state index is 0.321. The average Bonchev–Trinajstić information content (AvgIpc) is 2.67. The van der Waals surface area contributed by atoms with Gasteiger partial charge in [0.1, 0.15) is 11.3 Å². The molecule has 0 bridgehead atoms. The standard InChI is InChI=1S/C22H24N2O3/c1-14-10-16(5-7-20(14)26-3)19-11-17-4-6-18(12-21(17)27-22(19)25)24-9-8-23-15(2)13-24/h4-7,10-12,15,23H,8-9,13H2,1-3H3/t15-/m1/s1. The number of aryl methyl sites for hydroxylation is 1. The van der Waals surface area contributed by atoms with E-state index in [0.29, 0.717) is 17.2 Å². The predicted molar refractivity (Wildman–Crippen MR) is 109 cm³/mol. The van der Waals surface area contributed by atoms with Crippen molar-refractivity contribution in [3.05, 3.63) is 58.4 Å². The SMILES string of the molecule is COc1ccc(-c2cc3ccc(N4CCN[C@H](C)C4)cc3oc2=O)cc1C. The van der Waals surface area contributed by atoms with E-state index in [0.717, 1.165) is 47.6 Å². The van der Waals surface area contributed by atoms with Gasteiger partial charge in [-0.2, -0.15) is 0 Å². The van der Waals surface area contributed by atoms with Crippen LogP contribution in [0, 0.1) is 6.92 Å². The summed E-state index contributed by atoms with van der Waals surface area (Å²) in [4.78, 5) is 14.9. The molecule has 0 unspecified atom stereocenters. The average molecular weight is 364 g/mol. The third-order valence-corrected chi connectivity index (χ3v) is 5.16. The Labute approximate surface area is 158 Å². The summed E-state index contributed by atoms with van der Waals surface area (Å²) in [5.74, 6) is 0.804. The molecule has 1 atom stereocenters. The molecule has 1 aliphatic rings. The zero-order valence-electron chi connectivity index (χ0n) is 15.9. The van der Waals surface area contributed by atoms with Crippen LogP contribution in [0.1, 0.15) is 12.5 Å². The van der Waals surface area contributed by atoms with Crippen molar-refractivity contribution in [1.82, 2.24) is 5.32 Å². The van der Waals surface area contributed by atoms with Crippen LogP contribution in [-0.2, 0) is 0 Å². The molecule has 0 spiro atoms. The summed E-state index contributed by atoms with van der Waals surface area (Å²) < 4.78 is 11.0. The van der Waals surface area contributed by atoms with Gasteiger partial charge in [-0.25, -0.2) is 4.79 Å². The third-order valence-electron chi connectivity index (χ3n) is 5.16. The normalized spacial score (nSPS) is 17.3. The van der Waals surface area contributed by atoms with Gasteiger partial charge < -0.3 is 19.4 Å². The highest BCUT2D eigenvalue weighted by Crippen LogP contribution is 2.28. The Balaban J connectivity index is 1.73. The zero-order chi connectivity index (χ0) is 19.0. The lowest BCUT2D eigenvalue weighted by Crippen LogP contribution is -2.49. The smallest absolute Gasteiger partial charge is 0.344 e. The molecule has 0 amide bonds. The second-order valence-electron chi connectivity index (χ2n) is 7.16. The molecular weight excluding hydrogens is 340 g/mol. The molecule has 140 valence electrons. The van der Waals surface area contributed by atoms with Crippen molar-refractivity contribution in [2.45, 2.75) is 19.9 Å². The number of rotatable bonds is 3. The van der Waals surface area contributed by atoms with Crippen molar-refractivity contribution in [3.63, 3.8) is 0 Å². The fourth-order valence-corrected chi connectivity index (χ4v) is 3.71. The Bertz CT molecular complexity index is 1040. The maximum absolute atomic E-state index is 12.6. The number of ether oxygens (including phenoxy) is 1. The molecule has 1 N–H and O–H groups in total. The lowest BCUT2D eigenvalue weighted by atomic mass is 10.0. The first-order chi connectivity index (χ1) is 13.0. The van der Waals surface area contributed by atoms with Gasteiger partial charge in [0.15, 0.2) is 0 Å². The molecule has 5 heteroatoms. The molecule has 27 heavy (non-hydrogen) atoms. The van der Waals surface area contributed by atoms with Crippen LogP contribution in [0.4, 0.5) is 5.69 Å². The van der Waals surface area contributed by atoms with Gasteiger partial charge in [0.05, 0.1) is 12.7 Å². The summed E-state index contributed by atoms with van der Waals surface area (Å²) in [6, 6.07) is 14.2. The van der Waals surface area contributed by atoms with Crippen molar-refractivity contribution in [3.8, 4) is 16.9 Å². The Morgan fingerprint density at radius 1 is 1.19 bits per heavy atom. The Kier molecular flexibility index (Phi) is 4.62. The quantitative estimate of drug-likeness (QED) is 0.720. The minimum atomic E-state index is -0.321. The van der Waals surface area contributed by atoms with Gasteiger partial charge in [0, 0.05) is 42.8 Å². The lowest BCUT2D eigenvalue weighted by molar-refractivity contribution is 0.412. The van der Waals surface area contributed by atoms with Crippen LogP contribution in [-0.4, -0.2) is 32.8 Å². The zero-order valence-corrected chi connectivity index (χ0v) is 15.9. The highest BCUT2D eigenvalue weighted by Gasteiger charge is 2.17. The van der Waals surface area contributed by atoms with E-state index in [1.165, 1.54) is 0 Å². The fourth-order valence-electron chi connectivity index (χ4n) is 3.71. The van der Waals surface area contributed by atoms with Crippen molar-refractivity contribution in [2.24, 2.45) is 0 Å². The van der Waals surface area contributed by atoms with E-state index in [9.17, 15) is 4.79 Å². The van der Waals surface area contributed by atoms with Gasteiger partial charge in [-0.05, 0) is 55.3 Å². The van der Waals surface area contributed by atoms with Crippen LogP contribution in [0.15, 0.2) is 51.7 Å². The molecule has 3 aromatic rings. The number of hydrogen-bond acceptors (Lipinski definition) is 5. The molecule has 1 saturated heterocycles. The Morgan fingerprint density at radius 3 is 2.78 bits per heavy atom. The maximum atomic E-state index is 12.6. The number of anilines is 1. The number of methoxy groups -OCH3 is 1. The highest BCUT2D eigenvalue weighted by atomic mass is 16.5. The van der Waals surface area contributed by atoms with Gasteiger partial charge in [-0.3, -0.25) is 0 Å². The molecule has 5 nitrogen and oxygen atoms in total. The fraction of sp³-hybridized carbons (Fsp3) is 0.318. The Morgan fingerprint density at radius 2 is 2.04 bits per heavy atom. The number of benzene rings is 2. The maximum Gasteiger partial charge on any atom is 0.344 e. The summed E-state index contributed by atoms with van der Waals surface area (Å²) >= 11 is 0. The molecule has 1 fully saturated rings. The number of hydrogen-bond donors (Lipinski definition) is 1. The van der Waals surface area contributed by atoms with Crippen LogP contribution in [0.3, 0.4) is 0 Å². The van der Waals surface area contributed by atoms with Gasteiger partial charge in [-0.15, -0.1) is 0 Å². The highest BCUT2D eigenvalue weighted by molar-refractivity contribution is 5.84. The first-order valence-electron chi connectivity index (χ1n) is 9.26. The van der Waals surface area contributed by atoms with E-state index in [2.05, 4.69) is 23.2 Å². The first-order valence-corrected chi connectivity index (χ1v) is 9.26. The van der Waals surface area contributed by atoms with Crippen LogP contribution in [0.5, 0.6) is 5.75 Å². The summed E-state index contributed by atoms with van der Waals surface area (Å²) in [5.41, 5.74) is 3.78. The Hall–Kier alpha value is -2.79. The van der Waals surface area contributed by atoms with E-state index >= 15 is 0 Å². The van der Waals surface area contributed by atoms with E-state index in [1.54, 1.807) is 7.11 Å². The number of piperazine rings is 1. The van der Waals surface area contributed by atoms with Crippen molar-refractivity contribution >= 4 is 16.7 Å². The molecule has 0 saturated carbocycles. The van der Waals surface area contributed by atoms with Crippen LogP contribution >= 0.6 is 0 Å². The van der Waals surface area contributed by atoms with Crippen molar-refractivity contribution < 1.29 is 9.15 Å². The lowest BCUT2D eigenvalue weighted by Gasteiger charge is -2.33. The second-order valence-corrected chi connectivity index (χ2v) is 7.16. The van der Waals surface area contributed by atoms with Crippen LogP contribution < -0.4 is 20.6 Å².